The van der Waals surface area contributed by atoms with Crippen LogP contribution in [0.15, 0.2) is 79.0 Å². The van der Waals surface area contributed by atoms with Gasteiger partial charge < -0.3 is 11.1 Å². The molecular formula is C31H25F2N5O2. The third-order valence-electron chi connectivity index (χ3n) is 7.36. The normalized spacial score (nSPS) is 13.8. The lowest BCUT2D eigenvalue weighted by Crippen LogP contribution is -2.35. The summed E-state index contributed by atoms with van der Waals surface area (Å²) in [6, 6.07) is 19.6. The molecule has 0 atom stereocenters. The first-order valence-corrected chi connectivity index (χ1v) is 12.8. The minimum absolute atomic E-state index is 0.0858. The molecule has 6 rings (SSSR count). The number of fused-ring (bicyclic) bond motifs is 1. The van der Waals surface area contributed by atoms with Crippen LogP contribution in [-0.2, 0) is 12.0 Å². The number of nitrogens with zero attached hydrogens (tertiary/aromatic N) is 3. The van der Waals surface area contributed by atoms with E-state index in [-0.39, 0.29) is 34.9 Å². The Balaban J connectivity index is 1.37. The van der Waals surface area contributed by atoms with Crippen molar-refractivity contribution in [2.45, 2.75) is 31.7 Å². The Hall–Kier alpha value is -4.92. The Labute approximate surface area is 228 Å². The van der Waals surface area contributed by atoms with E-state index in [1.807, 2.05) is 25.1 Å². The second-order valence-electron chi connectivity index (χ2n) is 10.1. The van der Waals surface area contributed by atoms with Crippen LogP contribution in [0.3, 0.4) is 0 Å². The van der Waals surface area contributed by atoms with Gasteiger partial charge >= 0.3 is 0 Å². The van der Waals surface area contributed by atoms with Gasteiger partial charge in [0.25, 0.3) is 11.8 Å². The molecule has 3 N–H and O–H groups in total. The number of nitrogens with one attached hydrogen (secondary N) is 1. The molecule has 200 valence electrons. The SMILES string of the molecule is Cc1ccc(C(=O)NC2(c3ccccn3)CC2)cc1-c1cc(F)n2nc(Cc3ccc(F)cc3)c(C(N)=O)c2c1. The van der Waals surface area contributed by atoms with E-state index in [2.05, 4.69) is 15.4 Å². The van der Waals surface area contributed by atoms with Gasteiger partial charge in [0.05, 0.1) is 28.0 Å². The molecule has 1 aliphatic carbocycles. The number of nitrogens with two attached hydrogens (primary N) is 1. The van der Waals surface area contributed by atoms with Crippen LogP contribution in [0.1, 0.15) is 56.1 Å². The third kappa shape index (κ3) is 4.59. The smallest absolute Gasteiger partial charge is 0.252 e. The summed E-state index contributed by atoms with van der Waals surface area (Å²) in [6.45, 7) is 1.86. The average Bonchev–Trinajstić information content (AvgIpc) is 3.63. The maximum Gasteiger partial charge on any atom is 0.252 e. The first kappa shape index (κ1) is 25.4. The minimum Gasteiger partial charge on any atom is -0.365 e. The Morgan fingerprint density at radius 3 is 2.48 bits per heavy atom. The maximum absolute atomic E-state index is 15.4. The van der Waals surface area contributed by atoms with Crippen LogP contribution in [0.25, 0.3) is 16.6 Å². The highest BCUT2D eigenvalue weighted by Gasteiger charge is 2.47. The molecular weight excluding hydrogens is 512 g/mol. The Kier molecular flexibility index (Phi) is 6.14. The van der Waals surface area contributed by atoms with Gasteiger partial charge in [-0.25, -0.2) is 8.91 Å². The predicted octanol–water partition coefficient (Wildman–Crippen LogP) is 5.09. The summed E-state index contributed by atoms with van der Waals surface area (Å²) >= 11 is 0. The highest BCUT2D eigenvalue weighted by molar-refractivity contribution is 6.02. The second kappa shape index (κ2) is 9.68. The van der Waals surface area contributed by atoms with Crippen LogP contribution in [-0.4, -0.2) is 26.4 Å². The van der Waals surface area contributed by atoms with Crippen molar-refractivity contribution in [2.75, 3.05) is 0 Å². The van der Waals surface area contributed by atoms with Crippen LogP contribution in [0.4, 0.5) is 8.78 Å². The molecule has 0 bridgehead atoms. The topological polar surface area (TPSA) is 102 Å². The number of carbonyl (C=O) groups is 2. The van der Waals surface area contributed by atoms with Crippen molar-refractivity contribution in [3.8, 4) is 11.1 Å². The van der Waals surface area contributed by atoms with Gasteiger partial charge in [0.2, 0.25) is 5.95 Å². The Morgan fingerprint density at radius 2 is 1.80 bits per heavy atom. The molecule has 0 spiro atoms. The van der Waals surface area contributed by atoms with Crippen LogP contribution < -0.4 is 11.1 Å². The lowest BCUT2D eigenvalue weighted by atomic mass is 9.97. The number of carbonyl (C=O) groups excluding carboxylic acids is 2. The monoisotopic (exact) mass is 537 g/mol. The fraction of sp³-hybridized carbons (Fsp3) is 0.161. The highest BCUT2D eigenvalue weighted by atomic mass is 19.1. The summed E-state index contributed by atoms with van der Waals surface area (Å²) in [5.41, 5.74) is 9.67. The van der Waals surface area contributed by atoms with Crippen molar-refractivity contribution in [1.29, 1.82) is 0 Å². The average molecular weight is 538 g/mol. The molecule has 1 fully saturated rings. The molecule has 2 aromatic carbocycles. The van der Waals surface area contributed by atoms with Crippen LogP contribution in [0.5, 0.6) is 0 Å². The number of aryl methyl sites for hydroxylation is 1. The zero-order chi connectivity index (χ0) is 28.0. The molecule has 5 aromatic rings. The maximum atomic E-state index is 15.4. The van der Waals surface area contributed by atoms with Crippen LogP contribution in [0, 0.1) is 18.7 Å². The van der Waals surface area contributed by atoms with Gasteiger partial charge in [-0.05, 0) is 84.5 Å². The summed E-state index contributed by atoms with van der Waals surface area (Å²) in [5, 5.41) is 7.43. The van der Waals surface area contributed by atoms with Crippen molar-refractivity contribution in [3.05, 3.63) is 124 Å². The largest absolute Gasteiger partial charge is 0.365 e. The van der Waals surface area contributed by atoms with Crippen LogP contribution in [0.2, 0.25) is 0 Å². The zero-order valence-corrected chi connectivity index (χ0v) is 21.6. The minimum atomic E-state index is -0.752. The number of benzene rings is 2. The number of pyridine rings is 2. The van der Waals surface area contributed by atoms with Gasteiger partial charge in [-0.1, -0.05) is 24.3 Å². The van der Waals surface area contributed by atoms with E-state index in [1.165, 1.54) is 18.2 Å². The van der Waals surface area contributed by atoms with Crippen molar-refractivity contribution >= 4 is 17.3 Å². The standard InChI is InChI=1S/C31H25F2N5O2/c1-18-5-8-20(30(40)36-31(11-12-31)26-4-2-3-13-35-26)15-23(18)21-16-25-28(29(34)39)24(37-38(25)27(33)17-21)14-19-6-9-22(32)10-7-19/h2-10,13,15-17H,11-12,14H2,1H3,(H2,34,39)(H,36,40). The van der Waals surface area contributed by atoms with Crippen molar-refractivity contribution in [3.63, 3.8) is 0 Å². The molecule has 0 aliphatic heterocycles. The number of halogens is 2. The second-order valence-corrected chi connectivity index (χ2v) is 10.1. The fourth-order valence-electron chi connectivity index (χ4n) is 5.08. The number of hydrogen-bond donors (Lipinski definition) is 2. The Morgan fingerprint density at radius 1 is 1.02 bits per heavy atom. The summed E-state index contributed by atoms with van der Waals surface area (Å²) in [6.07, 6.45) is 3.47. The lowest BCUT2D eigenvalue weighted by Gasteiger charge is -2.17. The summed E-state index contributed by atoms with van der Waals surface area (Å²) in [7, 11) is 0. The van der Waals surface area contributed by atoms with E-state index < -0.39 is 17.4 Å². The van der Waals surface area contributed by atoms with E-state index in [0.29, 0.717) is 22.3 Å². The molecule has 0 saturated heterocycles. The van der Waals surface area contributed by atoms with Gasteiger partial charge in [0, 0.05) is 24.2 Å². The molecule has 0 unspecified atom stereocenters. The van der Waals surface area contributed by atoms with E-state index in [9.17, 15) is 14.0 Å². The predicted molar refractivity (Wildman–Crippen MR) is 146 cm³/mol. The van der Waals surface area contributed by atoms with Gasteiger partial charge in [0.1, 0.15) is 5.82 Å². The third-order valence-corrected chi connectivity index (χ3v) is 7.36. The lowest BCUT2D eigenvalue weighted by molar-refractivity contribution is 0.0929. The molecule has 0 radical (unpaired) electrons. The van der Waals surface area contributed by atoms with Crippen molar-refractivity contribution in [2.24, 2.45) is 5.73 Å². The van der Waals surface area contributed by atoms with Gasteiger partial charge in [-0.15, -0.1) is 0 Å². The molecule has 1 saturated carbocycles. The zero-order valence-electron chi connectivity index (χ0n) is 21.6. The molecule has 2 amide bonds. The number of amides is 2. The summed E-state index contributed by atoms with van der Waals surface area (Å²) in [4.78, 5) is 30.2. The number of rotatable bonds is 7. The fourth-order valence-corrected chi connectivity index (χ4v) is 5.08. The molecule has 1 aliphatic rings. The van der Waals surface area contributed by atoms with E-state index in [4.69, 9.17) is 5.73 Å². The van der Waals surface area contributed by atoms with Gasteiger partial charge in [0.15, 0.2) is 0 Å². The van der Waals surface area contributed by atoms with Crippen LogP contribution >= 0.6 is 0 Å². The number of aromatic nitrogens is 3. The highest BCUT2D eigenvalue weighted by Crippen LogP contribution is 2.44. The quantitative estimate of drug-likeness (QED) is 0.282. The van der Waals surface area contributed by atoms with E-state index >= 15 is 4.39 Å². The molecule has 7 nitrogen and oxygen atoms in total. The first-order valence-electron chi connectivity index (χ1n) is 12.8. The summed E-state index contributed by atoms with van der Waals surface area (Å²) < 4.78 is 29.8. The van der Waals surface area contributed by atoms with Gasteiger partial charge in [-0.2, -0.15) is 9.49 Å². The summed E-state index contributed by atoms with van der Waals surface area (Å²) in [5.74, 6) is -2.09. The van der Waals surface area contributed by atoms with Crippen molar-refractivity contribution < 1.29 is 18.4 Å². The molecule has 3 heterocycles. The van der Waals surface area contributed by atoms with Crippen molar-refractivity contribution in [1.82, 2.24) is 19.9 Å². The van der Waals surface area contributed by atoms with E-state index in [0.717, 1.165) is 28.6 Å². The molecule has 3 aromatic heterocycles. The number of hydrogen-bond acceptors (Lipinski definition) is 4. The number of primary amides is 1. The van der Waals surface area contributed by atoms with Gasteiger partial charge in [-0.3, -0.25) is 14.6 Å². The molecule has 9 heteroatoms. The first-order chi connectivity index (χ1) is 19.2. The molecule has 40 heavy (non-hydrogen) atoms. The van der Waals surface area contributed by atoms with E-state index in [1.54, 1.807) is 42.6 Å². The Bertz CT molecular complexity index is 1780.